The average Bonchev–Trinajstić information content (AvgIpc) is 3.38. The Morgan fingerprint density at radius 1 is 0.375 bits per heavy atom. The summed E-state index contributed by atoms with van der Waals surface area (Å²) in [6.07, 6.45) is 0. The van der Waals surface area contributed by atoms with E-state index in [9.17, 15) is 0 Å². The molecule has 0 saturated carbocycles. The monoisotopic (exact) mass is 511 g/mol. The lowest BCUT2D eigenvalue weighted by Gasteiger charge is -2.11. The molecule has 1 N–H and O–H groups in total. The van der Waals surface area contributed by atoms with Crippen molar-refractivity contribution in [2.45, 2.75) is 0 Å². The van der Waals surface area contributed by atoms with E-state index >= 15 is 0 Å². The van der Waals surface area contributed by atoms with Gasteiger partial charge < -0.3 is 9.73 Å². The molecule has 2 heteroatoms. The standard InChI is InChI=1S/C38H25NO/c1-2-7-28-22-30(15-12-25(28)6-1)33-10-5-8-27-13-14-29(23-36(27)33)26-16-18-31(19-17-26)39-32-20-21-35-34-9-3-4-11-37(34)40-38(35)24-32/h1-24,39H. The van der Waals surface area contributed by atoms with Gasteiger partial charge in [0.2, 0.25) is 0 Å². The van der Waals surface area contributed by atoms with Crippen LogP contribution in [0.15, 0.2) is 150 Å². The number of anilines is 2. The highest BCUT2D eigenvalue weighted by molar-refractivity contribution is 6.06. The lowest BCUT2D eigenvalue weighted by Crippen LogP contribution is -1.90. The number of fused-ring (bicyclic) bond motifs is 5. The summed E-state index contributed by atoms with van der Waals surface area (Å²) in [5.41, 5.74) is 8.73. The molecule has 0 amide bonds. The molecular formula is C38H25NO. The summed E-state index contributed by atoms with van der Waals surface area (Å²) in [7, 11) is 0. The summed E-state index contributed by atoms with van der Waals surface area (Å²) >= 11 is 0. The Hall–Kier alpha value is -5.34. The third kappa shape index (κ3) is 3.90. The van der Waals surface area contributed by atoms with Gasteiger partial charge in [-0.2, -0.15) is 0 Å². The summed E-state index contributed by atoms with van der Waals surface area (Å²) in [6.45, 7) is 0. The van der Waals surface area contributed by atoms with Crippen molar-refractivity contribution in [3.8, 4) is 22.3 Å². The minimum Gasteiger partial charge on any atom is -0.456 e. The first-order valence-corrected chi connectivity index (χ1v) is 13.6. The number of hydrogen-bond acceptors (Lipinski definition) is 2. The zero-order valence-corrected chi connectivity index (χ0v) is 21.8. The summed E-state index contributed by atoms with van der Waals surface area (Å²) in [5, 5.41) is 10.8. The molecule has 1 aromatic heterocycles. The van der Waals surface area contributed by atoms with E-state index in [2.05, 4.69) is 133 Å². The van der Waals surface area contributed by atoms with E-state index in [0.717, 1.165) is 33.3 Å². The van der Waals surface area contributed by atoms with Crippen LogP contribution < -0.4 is 5.32 Å². The van der Waals surface area contributed by atoms with Crippen molar-refractivity contribution in [1.82, 2.24) is 0 Å². The molecule has 0 spiro atoms. The molecule has 1 heterocycles. The Kier molecular flexibility index (Phi) is 5.17. The Morgan fingerprint density at radius 2 is 1.07 bits per heavy atom. The van der Waals surface area contributed by atoms with Crippen molar-refractivity contribution < 1.29 is 4.42 Å². The van der Waals surface area contributed by atoms with Crippen LogP contribution in [0.2, 0.25) is 0 Å². The second-order valence-electron chi connectivity index (χ2n) is 10.3. The van der Waals surface area contributed by atoms with Crippen LogP contribution in [0.5, 0.6) is 0 Å². The predicted molar refractivity (Wildman–Crippen MR) is 169 cm³/mol. The van der Waals surface area contributed by atoms with E-state index in [1.165, 1.54) is 43.8 Å². The second kappa shape index (κ2) is 9.14. The molecule has 188 valence electrons. The van der Waals surface area contributed by atoms with Gasteiger partial charge in [-0.1, -0.05) is 97.1 Å². The van der Waals surface area contributed by atoms with Crippen LogP contribution in [0.1, 0.15) is 0 Å². The second-order valence-corrected chi connectivity index (χ2v) is 10.3. The minimum absolute atomic E-state index is 0.890. The van der Waals surface area contributed by atoms with Gasteiger partial charge in [0.25, 0.3) is 0 Å². The summed E-state index contributed by atoms with van der Waals surface area (Å²) in [4.78, 5) is 0. The topological polar surface area (TPSA) is 25.2 Å². The fourth-order valence-electron chi connectivity index (χ4n) is 5.78. The number of nitrogens with one attached hydrogen (secondary N) is 1. The molecule has 0 fully saturated rings. The molecule has 0 aliphatic heterocycles. The Labute approximate surface area is 232 Å². The van der Waals surface area contributed by atoms with Crippen LogP contribution in [-0.2, 0) is 0 Å². The summed E-state index contributed by atoms with van der Waals surface area (Å²) in [5.74, 6) is 0. The molecule has 0 aliphatic rings. The number of hydrogen-bond donors (Lipinski definition) is 1. The highest BCUT2D eigenvalue weighted by atomic mass is 16.3. The molecule has 0 radical (unpaired) electrons. The third-order valence-electron chi connectivity index (χ3n) is 7.83. The van der Waals surface area contributed by atoms with E-state index in [0.29, 0.717) is 0 Å². The first kappa shape index (κ1) is 22.6. The van der Waals surface area contributed by atoms with Gasteiger partial charge in [-0.3, -0.25) is 0 Å². The number of para-hydroxylation sites is 1. The Morgan fingerprint density at radius 3 is 2.00 bits per heavy atom. The molecule has 7 aromatic carbocycles. The smallest absolute Gasteiger partial charge is 0.137 e. The molecular weight excluding hydrogens is 486 g/mol. The number of benzene rings is 7. The van der Waals surface area contributed by atoms with Crippen LogP contribution >= 0.6 is 0 Å². The molecule has 0 unspecified atom stereocenters. The molecule has 8 aromatic rings. The molecule has 2 nitrogen and oxygen atoms in total. The first-order chi connectivity index (χ1) is 19.8. The van der Waals surface area contributed by atoms with Crippen molar-refractivity contribution >= 4 is 54.9 Å². The highest BCUT2D eigenvalue weighted by Crippen LogP contribution is 2.35. The van der Waals surface area contributed by atoms with Crippen LogP contribution in [0.3, 0.4) is 0 Å². The zero-order chi connectivity index (χ0) is 26.5. The average molecular weight is 512 g/mol. The normalized spacial score (nSPS) is 11.5. The molecule has 0 saturated heterocycles. The van der Waals surface area contributed by atoms with Crippen LogP contribution in [-0.4, -0.2) is 0 Å². The number of furan rings is 1. The van der Waals surface area contributed by atoms with Gasteiger partial charge in [-0.15, -0.1) is 0 Å². The maximum Gasteiger partial charge on any atom is 0.137 e. The van der Waals surface area contributed by atoms with E-state index < -0.39 is 0 Å². The van der Waals surface area contributed by atoms with Gasteiger partial charge in [0.15, 0.2) is 0 Å². The van der Waals surface area contributed by atoms with Gasteiger partial charge in [-0.05, 0) is 86.3 Å². The van der Waals surface area contributed by atoms with E-state index in [1.807, 2.05) is 18.2 Å². The van der Waals surface area contributed by atoms with E-state index in [4.69, 9.17) is 4.42 Å². The van der Waals surface area contributed by atoms with Gasteiger partial charge >= 0.3 is 0 Å². The van der Waals surface area contributed by atoms with Gasteiger partial charge in [0.1, 0.15) is 11.2 Å². The molecule has 8 rings (SSSR count). The van der Waals surface area contributed by atoms with Crippen molar-refractivity contribution in [3.05, 3.63) is 146 Å². The van der Waals surface area contributed by atoms with Gasteiger partial charge in [0, 0.05) is 28.2 Å². The molecule has 0 atom stereocenters. The maximum absolute atomic E-state index is 6.07. The van der Waals surface area contributed by atoms with Crippen molar-refractivity contribution in [3.63, 3.8) is 0 Å². The SMILES string of the molecule is c1ccc2cc(-c3cccc4ccc(-c5ccc(Nc6ccc7c(c6)oc6ccccc67)cc5)cc34)ccc2c1. The Bertz CT molecular complexity index is 2190. The number of rotatable bonds is 4. The fraction of sp³-hybridized carbons (Fsp3) is 0. The maximum atomic E-state index is 6.07. The van der Waals surface area contributed by atoms with Crippen molar-refractivity contribution in [1.29, 1.82) is 0 Å². The quantitative estimate of drug-likeness (QED) is 0.254. The summed E-state index contributed by atoms with van der Waals surface area (Å²) < 4.78 is 6.07. The van der Waals surface area contributed by atoms with Crippen molar-refractivity contribution in [2.75, 3.05) is 5.32 Å². The van der Waals surface area contributed by atoms with Crippen LogP contribution in [0.4, 0.5) is 11.4 Å². The molecule has 40 heavy (non-hydrogen) atoms. The largest absolute Gasteiger partial charge is 0.456 e. The first-order valence-electron chi connectivity index (χ1n) is 13.6. The van der Waals surface area contributed by atoms with Crippen LogP contribution in [0, 0.1) is 0 Å². The van der Waals surface area contributed by atoms with Gasteiger partial charge in [0.05, 0.1) is 0 Å². The highest BCUT2D eigenvalue weighted by Gasteiger charge is 2.09. The molecule has 0 aliphatic carbocycles. The van der Waals surface area contributed by atoms with Crippen LogP contribution in [0.25, 0.3) is 65.7 Å². The third-order valence-corrected chi connectivity index (χ3v) is 7.83. The zero-order valence-electron chi connectivity index (χ0n) is 21.8. The lowest BCUT2D eigenvalue weighted by molar-refractivity contribution is 0.669. The predicted octanol–water partition coefficient (Wildman–Crippen LogP) is 11.0. The van der Waals surface area contributed by atoms with E-state index in [1.54, 1.807) is 0 Å². The van der Waals surface area contributed by atoms with Crippen molar-refractivity contribution in [2.24, 2.45) is 0 Å². The van der Waals surface area contributed by atoms with Gasteiger partial charge in [-0.25, -0.2) is 0 Å². The van der Waals surface area contributed by atoms with E-state index in [-0.39, 0.29) is 0 Å². The minimum atomic E-state index is 0.890. The summed E-state index contributed by atoms with van der Waals surface area (Å²) in [6, 6.07) is 51.7. The molecule has 0 bridgehead atoms. The fourth-order valence-corrected chi connectivity index (χ4v) is 5.78. The Balaban J connectivity index is 1.11. The lowest BCUT2D eigenvalue weighted by atomic mass is 9.93.